The number of hydrogen-bond donors (Lipinski definition) is 0. The van der Waals surface area contributed by atoms with Crippen molar-refractivity contribution in [3.8, 4) is 17.1 Å². The maximum atomic E-state index is 5.23. The van der Waals surface area contributed by atoms with Gasteiger partial charge in [0.25, 0.3) is 0 Å². The van der Waals surface area contributed by atoms with Gasteiger partial charge < -0.3 is 9.13 Å². The summed E-state index contributed by atoms with van der Waals surface area (Å²) in [6.45, 7) is 4.74. The fourth-order valence-electron chi connectivity index (χ4n) is 10.8. The number of para-hydroxylation sites is 4. The third kappa shape index (κ3) is 5.55. The van der Waals surface area contributed by atoms with E-state index < -0.39 is 8.07 Å². The molecule has 4 heterocycles. The van der Waals surface area contributed by atoms with Crippen molar-refractivity contribution in [3.05, 3.63) is 230 Å². The molecule has 3 aromatic heterocycles. The molecule has 11 aromatic rings. The highest BCUT2D eigenvalue weighted by molar-refractivity contribution is 7.20. The van der Waals surface area contributed by atoms with Crippen LogP contribution in [-0.2, 0) is 12.5 Å². The molecule has 1 aliphatic heterocycles. The lowest BCUT2D eigenvalue weighted by Gasteiger charge is -2.42. The highest BCUT2D eigenvalue weighted by Gasteiger charge is 2.44. The highest BCUT2D eigenvalue weighted by Crippen LogP contribution is 2.54. The van der Waals surface area contributed by atoms with Gasteiger partial charge in [-0.2, -0.15) is 0 Å². The summed E-state index contributed by atoms with van der Waals surface area (Å²) in [5.74, 6) is 1.91. The Kier molecular flexibility index (Phi) is 8.68. The van der Waals surface area contributed by atoms with Gasteiger partial charge in [0, 0.05) is 57.5 Å². The normalized spacial score (nSPS) is 13.3. The molecule has 306 valence electrons. The van der Waals surface area contributed by atoms with Crippen LogP contribution in [-0.4, -0.2) is 27.2 Å². The minimum absolute atomic E-state index is 0.379. The summed E-state index contributed by atoms with van der Waals surface area (Å²) in [5, 5.41) is 7.69. The van der Waals surface area contributed by atoms with Gasteiger partial charge in [0.15, 0.2) is 8.07 Å². The van der Waals surface area contributed by atoms with Crippen molar-refractivity contribution in [3.63, 3.8) is 0 Å². The molecule has 0 saturated carbocycles. The summed E-state index contributed by atoms with van der Waals surface area (Å²) in [6.07, 6.45) is 1.94. The first-order chi connectivity index (χ1) is 31.4. The Balaban J connectivity index is 1.14. The van der Waals surface area contributed by atoms with E-state index in [9.17, 15) is 0 Å². The summed E-state index contributed by atoms with van der Waals surface area (Å²) < 4.78 is 4.69. The Morgan fingerprint density at radius 3 is 1.84 bits per heavy atom. The van der Waals surface area contributed by atoms with Gasteiger partial charge in [-0.05, 0) is 75.3 Å². The van der Waals surface area contributed by atoms with E-state index in [0.717, 1.165) is 45.3 Å². The molecule has 1 aliphatic rings. The van der Waals surface area contributed by atoms with Crippen molar-refractivity contribution < 1.29 is 0 Å². The molecule has 0 amide bonds. The van der Waals surface area contributed by atoms with Gasteiger partial charge in [-0.15, -0.1) is 0 Å². The maximum Gasteiger partial charge on any atom is 0.179 e. The van der Waals surface area contributed by atoms with E-state index in [1.807, 2.05) is 6.20 Å². The number of pyridine rings is 1. The number of anilines is 3. The molecule has 12 rings (SSSR count). The van der Waals surface area contributed by atoms with E-state index in [1.54, 1.807) is 0 Å². The van der Waals surface area contributed by atoms with E-state index in [4.69, 9.17) is 9.97 Å². The lowest BCUT2D eigenvalue weighted by molar-refractivity contribution is 0.631. The summed E-state index contributed by atoms with van der Waals surface area (Å²) in [4.78, 5) is 12.8. The fraction of sp³-hybridized carbons (Fsp3) is 0.0690. The Morgan fingerprint density at radius 2 is 1.11 bits per heavy atom. The summed E-state index contributed by atoms with van der Waals surface area (Å²) in [5.41, 5.74) is 11.1. The lowest BCUT2D eigenvalue weighted by atomic mass is 9.73. The van der Waals surface area contributed by atoms with Crippen molar-refractivity contribution in [2.45, 2.75) is 19.3 Å². The second-order valence-electron chi connectivity index (χ2n) is 17.5. The molecule has 0 bridgehead atoms. The van der Waals surface area contributed by atoms with Crippen LogP contribution in [0.25, 0.3) is 49.9 Å². The molecule has 0 aliphatic carbocycles. The van der Waals surface area contributed by atoms with Crippen LogP contribution in [0.1, 0.15) is 25.0 Å². The second kappa shape index (κ2) is 14.7. The molecule has 0 unspecified atom stereocenters. The van der Waals surface area contributed by atoms with Gasteiger partial charge >= 0.3 is 0 Å². The van der Waals surface area contributed by atoms with Crippen LogP contribution in [0.5, 0.6) is 0 Å². The van der Waals surface area contributed by atoms with E-state index in [-0.39, 0.29) is 5.41 Å². The minimum atomic E-state index is -3.03. The van der Waals surface area contributed by atoms with Crippen molar-refractivity contribution in [1.82, 2.24) is 19.1 Å². The van der Waals surface area contributed by atoms with Gasteiger partial charge in [-0.3, -0.25) is 4.90 Å². The number of fused-ring (bicyclic) bond motifs is 7. The second-order valence-corrected chi connectivity index (χ2v) is 21.3. The molecule has 0 fully saturated rings. The average molecular weight is 840 g/mol. The fourth-order valence-corrected chi connectivity index (χ4v) is 15.6. The predicted molar refractivity (Wildman–Crippen MR) is 269 cm³/mol. The monoisotopic (exact) mass is 839 g/mol. The number of hydrogen-bond acceptors (Lipinski definition) is 3. The van der Waals surface area contributed by atoms with E-state index in [0.29, 0.717) is 0 Å². The lowest BCUT2D eigenvalue weighted by Crippen LogP contribution is -2.74. The standard InChI is InChI=1S/C58H45N5Si/c1-58(2)49-31-19-37-59-57(49)63(53-36-35-48-47-30-13-15-33-51(47)62(55(48)54(53)58)41-21-7-4-8-22-41)42-23-18-29-46(39-42)64(43-24-9-5-10-25-43,44-26-11-6-12-27-44)45-28-17-20-40(38-45)56-60-50-32-14-16-34-52(50)61(56)3/h4-39H,1-3H3. The average Bonchev–Trinajstić information content (AvgIpc) is 3.87. The van der Waals surface area contributed by atoms with Crippen molar-refractivity contribution in [1.29, 1.82) is 0 Å². The molecule has 64 heavy (non-hydrogen) atoms. The van der Waals surface area contributed by atoms with Crippen LogP contribution >= 0.6 is 0 Å². The summed E-state index contributed by atoms with van der Waals surface area (Å²) in [6, 6.07) is 78.0. The number of aryl methyl sites for hydroxylation is 1. The van der Waals surface area contributed by atoms with Gasteiger partial charge in [0.1, 0.15) is 11.6 Å². The van der Waals surface area contributed by atoms with Gasteiger partial charge in [-0.25, -0.2) is 9.97 Å². The Hall–Kier alpha value is -7.80. The molecule has 0 radical (unpaired) electrons. The highest BCUT2D eigenvalue weighted by atomic mass is 28.3. The Labute approximate surface area is 374 Å². The molecule has 0 saturated heterocycles. The van der Waals surface area contributed by atoms with Crippen LogP contribution in [0.3, 0.4) is 0 Å². The molecular formula is C58H45N5Si. The largest absolute Gasteiger partial charge is 0.327 e. The molecule has 8 aromatic carbocycles. The quantitative estimate of drug-likeness (QED) is 0.119. The van der Waals surface area contributed by atoms with Crippen LogP contribution in [0.15, 0.2) is 219 Å². The van der Waals surface area contributed by atoms with E-state index >= 15 is 0 Å². The van der Waals surface area contributed by atoms with E-state index in [2.05, 4.69) is 247 Å². The molecule has 0 atom stereocenters. The first-order valence-electron chi connectivity index (χ1n) is 22.1. The first kappa shape index (κ1) is 37.9. The van der Waals surface area contributed by atoms with E-state index in [1.165, 1.54) is 53.7 Å². The molecular weight excluding hydrogens is 795 g/mol. The first-order valence-corrected chi connectivity index (χ1v) is 24.1. The van der Waals surface area contributed by atoms with Crippen LogP contribution < -0.4 is 25.6 Å². The molecule has 0 spiro atoms. The number of aromatic nitrogens is 4. The summed E-state index contributed by atoms with van der Waals surface area (Å²) in [7, 11) is -0.913. The minimum Gasteiger partial charge on any atom is -0.327 e. The zero-order valence-electron chi connectivity index (χ0n) is 36.0. The van der Waals surface area contributed by atoms with Crippen LogP contribution in [0.2, 0.25) is 0 Å². The predicted octanol–water partition coefficient (Wildman–Crippen LogP) is 11.2. The molecule has 0 N–H and O–H groups in total. The van der Waals surface area contributed by atoms with Crippen LogP contribution in [0, 0.1) is 0 Å². The van der Waals surface area contributed by atoms with Gasteiger partial charge in [0.2, 0.25) is 0 Å². The number of rotatable bonds is 7. The molecule has 5 nitrogen and oxygen atoms in total. The van der Waals surface area contributed by atoms with Crippen molar-refractivity contribution in [2.75, 3.05) is 4.90 Å². The molecule has 6 heteroatoms. The van der Waals surface area contributed by atoms with Crippen LogP contribution in [0.4, 0.5) is 17.2 Å². The van der Waals surface area contributed by atoms with Gasteiger partial charge in [-0.1, -0.05) is 172 Å². The smallest absolute Gasteiger partial charge is 0.179 e. The third-order valence-electron chi connectivity index (χ3n) is 13.7. The SMILES string of the molecule is Cn1c(-c2cccc([Si](c3ccccc3)(c3ccccc3)c3cccc(N4c5ccc6c7ccccc7n(-c7ccccc7)c6c5C(C)(C)c5cccnc54)c3)c2)nc2ccccc21. The zero-order chi connectivity index (χ0) is 43.0. The zero-order valence-corrected chi connectivity index (χ0v) is 37.0. The topological polar surface area (TPSA) is 38.9 Å². The maximum absolute atomic E-state index is 5.23. The number of nitrogens with zero attached hydrogens (tertiary/aromatic N) is 5. The Bertz CT molecular complexity index is 3510. The number of benzene rings is 8. The Morgan fingerprint density at radius 1 is 0.500 bits per heavy atom. The van der Waals surface area contributed by atoms with Crippen molar-refractivity contribution >= 4 is 78.9 Å². The van der Waals surface area contributed by atoms with Gasteiger partial charge in [0.05, 0.1) is 27.8 Å². The van der Waals surface area contributed by atoms with Crippen molar-refractivity contribution in [2.24, 2.45) is 7.05 Å². The summed E-state index contributed by atoms with van der Waals surface area (Å²) >= 11 is 0. The number of imidazole rings is 1. The third-order valence-corrected chi connectivity index (χ3v) is 18.4.